The Morgan fingerprint density at radius 2 is 2.30 bits per heavy atom. The molecule has 10 heavy (non-hydrogen) atoms. The molecule has 1 aromatic heterocycles. The second kappa shape index (κ2) is 3.88. The molecule has 1 rings (SSSR count). The average Bonchev–Trinajstić information content (AvgIpc) is 2.31. The van der Waals surface area contributed by atoms with Gasteiger partial charge in [-0.1, -0.05) is 11.8 Å². The van der Waals surface area contributed by atoms with Gasteiger partial charge >= 0.3 is 0 Å². The molecular formula is C5H8N2OS2. The Morgan fingerprint density at radius 3 is 2.80 bits per heavy atom. The highest BCUT2D eigenvalue weighted by Crippen LogP contribution is 2.18. The highest BCUT2D eigenvalue weighted by Gasteiger charge is 2.00. The highest BCUT2D eigenvalue weighted by atomic mass is 32.2. The van der Waals surface area contributed by atoms with Crippen LogP contribution in [0.5, 0.6) is 0 Å². The molecule has 0 saturated carbocycles. The van der Waals surface area contributed by atoms with Crippen molar-refractivity contribution in [2.75, 3.05) is 11.3 Å². The van der Waals surface area contributed by atoms with E-state index in [0.29, 0.717) is 11.1 Å². The molecule has 0 bridgehead atoms. The Balaban J connectivity index is 2.42. The summed E-state index contributed by atoms with van der Waals surface area (Å²) >= 11 is 3.30. The first kappa shape index (κ1) is 7.94. The van der Waals surface area contributed by atoms with Crippen molar-refractivity contribution in [2.45, 2.75) is 12.1 Å². The summed E-state index contributed by atoms with van der Waals surface area (Å²) < 4.78 is 5.11. The molecule has 0 amide bonds. The topological polar surface area (TPSA) is 38.9 Å². The maximum atomic E-state index is 5.11. The normalized spacial score (nSPS) is 10.2. The number of hydrogen-bond donors (Lipinski definition) is 0. The minimum Gasteiger partial charge on any atom is -0.416 e. The molecule has 0 aromatic carbocycles. The zero-order valence-corrected chi connectivity index (χ0v) is 7.46. The van der Waals surface area contributed by atoms with Crippen molar-refractivity contribution in [2.24, 2.45) is 0 Å². The van der Waals surface area contributed by atoms with Crippen LogP contribution in [0.1, 0.15) is 5.89 Å². The van der Waals surface area contributed by atoms with Crippen LogP contribution in [0.2, 0.25) is 0 Å². The lowest BCUT2D eigenvalue weighted by molar-refractivity contribution is 0.430. The fraction of sp³-hybridized carbons (Fsp3) is 0.600. The lowest BCUT2D eigenvalue weighted by Crippen LogP contribution is -1.71. The third-order valence-corrected chi connectivity index (χ3v) is 2.63. The van der Waals surface area contributed by atoms with E-state index in [9.17, 15) is 0 Å². The first-order valence-electron chi connectivity index (χ1n) is 2.75. The maximum Gasteiger partial charge on any atom is 0.277 e. The summed E-state index contributed by atoms with van der Waals surface area (Å²) in [7, 11) is 0. The monoisotopic (exact) mass is 176 g/mol. The third-order valence-electron chi connectivity index (χ3n) is 0.808. The minimum absolute atomic E-state index is 0.628. The van der Waals surface area contributed by atoms with Crippen LogP contribution < -0.4 is 0 Å². The maximum absolute atomic E-state index is 5.11. The highest BCUT2D eigenvalue weighted by molar-refractivity contribution is 8.15. The molecule has 56 valence electrons. The molecule has 0 N–H and O–H groups in total. The summed E-state index contributed by atoms with van der Waals surface area (Å²) in [6.45, 7) is 1.79. The Hall–Kier alpha value is -0.160. The van der Waals surface area contributed by atoms with Crippen molar-refractivity contribution in [3.63, 3.8) is 0 Å². The molecule has 0 aliphatic rings. The third kappa shape index (κ3) is 2.22. The summed E-state index contributed by atoms with van der Waals surface area (Å²) in [6.07, 6.45) is 2.04. The fourth-order valence-corrected chi connectivity index (χ4v) is 1.60. The predicted octanol–water partition coefficient (Wildman–Crippen LogP) is 1.79. The van der Waals surface area contributed by atoms with Crippen LogP contribution in [0, 0.1) is 6.92 Å². The van der Waals surface area contributed by atoms with E-state index in [1.807, 2.05) is 6.26 Å². The van der Waals surface area contributed by atoms with Gasteiger partial charge in [0.1, 0.15) is 0 Å². The van der Waals surface area contributed by atoms with Crippen molar-refractivity contribution in [1.82, 2.24) is 10.2 Å². The van der Waals surface area contributed by atoms with Gasteiger partial charge in [0.2, 0.25) is 5.89 Å². The van der Waals surface area contributed by atoms with Crippen LogP contribution in [-0.2, 0) is 0 Å². The standard InChI is InChI=1S/C5H8N2OS2/c1-4-6-7-5(8-4)10-3-9-2/h3H2,1-2H3. The van der Waals surface area contributed by atoms with Crippen molar-refractivity contribution in [3.8, 4) is 0 Å². The molecule has 0 atom stereocenters. The zero-order valence-electron chi connectivity index (χ0n) is 5.83. The molecule has 0 unspecified atom stereocenters. The van der Waals surface area contributed by atoms with Crippen molar-refractivity contribution >= 4 is 23.5 Å². The summed E-state index contributed by atoms with van der Waals surface area (Å²) in [4.78, 5) is 0. The molecule has 0 spiro atoms. The van der Waals surface area contributed by atoms with E-state index >= 15 is 0 Å². The number of aryl methyl sites for hydroxylation is 1. The molecule has 0 aliphatic heterocycles. The summed E-state index contributed by atoms with van der Waals surface area (Å²) in [5.41, 5.74) is 0. The molecule has 5 heteroatoms. The first-order valence-corrected chi connectivity index (χ1v) is 5.12. The van der Waals surface area contributed by atoms with Crippen LogP contribution >= 0.6 is 23.5 Å². The van der Waals surface area contributed by atoms with E-state index in [0.717, 1.165) is 5.08 Å². The van der Waals surface area contributed by atoms with E-state index < -0.39 is 0 Å². The second-order valence-electron chi connectivity index (χ2n) is 1.64. The van der Waals surface area contributed by atoms with Crippen molar-refractivity contribution in [1.29, 1.82) is 0 Å². The van der Waals surface area contributed by atoms with Crippen LogP contribution in [-0.4, -0.2) is 21.5 Å². The Labute approximate surface area is 68.0 Å². The van der Waals surface area contributed by atoms with Gasteiger partial charge in [0.15, 0.2) is 0 Å². The van der Waals surface area contributed by atoms with Gasteiger partial charge in [-0.25, -0.2) is 0 Å². The molecule has 3 nitrogen and oxygen atoms in total. The Bertz CT molecular complexity index is 201. The summed E-state index contributed by atoms with van der Waals surface area (Å²) in [5, 5.41) is 9.13. The van der Waals surface area contributed by atoms with E-state index in [1.54, 1.807) is 30.4 Å². The number of nitrogens with zero attached hydrogens (tertiary/aromatic N) is 2. The van der Waals surface area contributed by atoms with Crippen LogP contribution in [0.3, 0.4) is 0 Å². The molecule has 0 saturated heterocycles. The lowest BCUT2D eigenvalue weighted by atomic mass is 10.8. The van der Waals surface area contributed by atoms with Gasteiger partial charge in [-0.15, -0.1) is 10.2 Å². The van der Waals surface area contributed by atoms with Crippen molar-refractivity contribution < 1.29 is 4.42 Å². The fourth-order valence-electron chi connectivity index (χ4n) is 0.446. The SMILES string of the molecule is CSCSc1nnc(C)o1. The van der Waals surface area contributed by atoms with Crippen molar-refractivity contribution in [3.05, 3.63) is 5.89 Å². The molecule has 0 radical (unpaired) electrons. The lowest BCUT2D eigenvalue weighted by Gasteiger charge is -1.87. The van der Waals surface area contributed by atoms with Gasteiger partial charge in [-0.2, -0.15) is 11.8 Å². The summed E-state index contributed by atoms with van der Waals surface area (Å²) in [6, 6.07) is 0. The average molecular weight is 176 g/mol. The number of rotatable bonds is 3. The molecule has 0 aliphatic carbocycles. The molecule has 1 heterocycles. The quantitative estimate of drug-likeness (QED) is 0.518. The number of thioether (sulfide) groups is 2. The van der Waals surface area contributed by atoms with Gasteiger partial charge in [-0.3, -0.25) is 0 Å². The number of hydrogen-bond acceptors (Lipinski definition) is 5. The molecular weight excluding hydrogens is 168 g/mol. The molecule has 0 fully saturated rings. The van der Waals surface area contributed by atoms with E-state index in [2.05, 4.69) is 10.2 Å². The predicted molar refractivity (Wildman–Crippen MR) is 43.3 cm³/mol. The van der Waals surface area contributed by atoms with E-state index in [-0.39, 0.29) is 0 Å². The minimum atomic E-state index is 0.628. The van der Waals surface area contributed by atoms with Gasteiger partial charge in [0.05, 0.1) is 0 Å². The second-order valence-corrected chi connectivity index (χ2v) is 3.80. The van der Waals surface area contributed by atoms with Crippen LogP contribution in [0.15, 0.2) is 9.64 Å². The Morgan fingerprint density at radius 1 is 1.50 bits per heavy atom. The Kier molecular flexibility index (Phi) is 3.08. The van der Waals surface area contributed by atoms with Crippen LogP contribution in [0.25, 0.3) is 0 Å². The number of aromatic nitrogens is 2. The van der Waals surface area contributed by atoms with Gasteiger partial charge in [-0.05, 0) is 6.26 Å². The van der Waals surface area contributed by atoms with Gasteiger partial charge in [0.25, 0.3) is 5.22 Å². The smallest absolute Gasteiger partial charge is 0.277 e. The van der Waals surface area contributed by atoms with E-state index in [4.69, 9.17) is 4.42 Å². The van der Waals surface area contributed by atoms with Gasteiger partial charge in [0, 0.05) is 12.0 Å². The van der Waals surface area contributed by atoms with Crippen LogP contribution in [0.4, 0.5) is 0 Å². The molecule has 1 aromatic rings. The van der Waals surface area contributed by atoms with E-state index in [1.165, 1.54) is 0 Å². The zero-order chi connectivity index (χ0) is 7.40. The largest absolute Gasteiger partial charge is 0.416 e. The first-order chi connectivity index (χ1) is 4.83. The van der Waals surface area contributed by atoms with Gasteiger partial charge < -0.3 is 4.42 Å². The summed E-state index contributed by atoms with van der Waals surface area (Å²) in [5.74, 6) is 0.628.